The number of carbonyl (C=O) groups is 1. The summed E-state index contributed by atoms with van der Waals surface area (Å²) < 4.78 is 11.6. The third-order valence-corrected chi connectivity index (χ3v) is 4.88. The number of rotatable bonds is 6. The Morgan fingerprint density at radius 3 is 2.59 bits per heavy atom. The number of hydrogen-bond acceptors (Lipinski definition) is 4. The predicted molar refractivity (Wildman–Crippen MR) is 86.8 cm³/mol. The highest BCUT2D eigenvalue weighted by molar-refractivity contribution is 5.81. The molecule has 2 rings (SSSR count). The summed E-state index contributed by atoms with van der Waals surface area (Å²) in [6.07, 6.45) is 1.96. The van der Waals surface area contributed by atoms with E-state index in [4.69, 9.17) is 9.47 Å². The van der Waals surface area contributed by atoms with Crippen molar-refractivity contribution in [3.05, 3.63) is 0 Å². The topological polar surface area (TPSA) is 42.0 Å². The zero-order valence-electron chi connectivity index (χ0n) is 14.7. The van der Waals surface area contributed by atoms with Crippen LogP contribution in [0.1, 0.15) is 33.6 Å². The lowest BCUT2D eigenvalue weighted by molar-refractivity contribution is -0.148. The van der Waals surface area contributed by atoms with E-state index < -0.39 is 0 Å². The molecule has 22 heavy (non-hydrogen) atoms. The van der Waals surface area contributed by atoms with E-state index in [1.165, 1.54) is 0 Å². The van der Waals surface area contributed by atoms with E-state index in [2.05, 4.69) is 39.8 Å². The third kappa shape index (κ3) is 4.21. The molecular formula is C17H32N2O3. The molecule has 1 amide bonds. The van der Waals surface area contributed by atoms with Crippen LogP contribution >= 0.6 is 0 Å². The SMILES string of the molecule is CC(C)C(OCC1CCCO1)C(=O)N1CC(C)C(N(C)C)C1. The Balaban J connectivity index is 1.91. The average molecular weight is 312 g/mol. The first-order valence-electron chi connectivity index (χ1n) is 8.58. The molecule has 2 aliphatic rings. The van der Waals surface area contributed by atoms with Gasteiger partial charge in [0, 0.05) is 25.7 Å². The lowest BCUT2D eigenvalue weighted by atomic mass is 10.1. The molecule has 0 aromatic carbocycles. The van der Waals surface area contributed by atoms with Crippen molar-refractivity contribution in [1.29, 1.82) is 0 Å². The van der Waals surface area contributed by atoms with Gasteiger partial charge in [0.2, 0.25) is 0 Å². The van der Waals surface area contributed by atoms with Crippen molar-refractivity contribution < 1.29 is 14.3 Å². The number of hydrogen-bond donors (Lipinski definition) is 0. The van der Waals surface area contributed by atoms with Crippen LogP contribution in [-0.2, 0) is 14.3 Å². The second kappa shape index (κ2) is 7.75. The van der Waals surface area contributed by atoms with Crippen LogP contribution in [0.2, 0.25) is 0 Å². The molecule has 5 nitrogen and oxygen atoms in total. The maximum Gasteiger partial charge on any atom is 0.252 e. The van der Waals surface area contributed by atoms with Gasteiger partial charge in [-0.2, -0.15) is 0 Å². The third-order valence-electron chi connectivity index (χ3n) is 4.88. The first kappa shape index (κ1) is 17.7. The van der Waals surface area contributed by atoms with Crippen molar-refractivity contribution in [1.82, 2.24) is 9.80 Å². The van der Waals surface area contributed by atoms with Gasteiger partial charge >= 0.3 is 0 Å². The monoisotopic (exact) mass is 312 g/mol. The standard InChI is InChI=1S/C17H32N2O3/c1-12(2)16(22-11-14-7-6-8-21-14)17(20)19-9-13(3)15(10-19)18(4)5/h12-16H,6-11H2,1-5H3. The highest BCUT2D eigenvalue weighted by atomic mass is 16.5. The molecule has 2 fully saturated rings. The molecule has 0 spiro atoms. The van der Waals surface area contributed by atoms with E-state index in [1.54, 1.807) is 0 Å². The zero-order chi connectivity index (χ0) is 16.3. The molecular weight excluding hydrogens is 280 g/mol. The van der Waals surface area contributed by atoms with Crippen LogP contribution in [0, 0.1) is 11.8 Å². The first-order chi connectivity index (χ1) is 10.4. The summed E-state index contributed by atoms with van der Waals surface area (Å²) in [7, 11) is 4.17. The van der Waals surface area contributed by atoms with E-state index in [0.29, 0.717) is 18.6 Å². The van der Waals surface area contributed by atoms with Gasteiger partial charge in [0.25, 0.3) is 5.91 Å². The van der Waals surface area contributed by atoms with Crippen LogP contribution in [-0.4, -0.2) is 74.4 Å². The summed E-state index contributed by atoms with van der Waals surface area (Å²) in [5.41, 5.74) is 0. The fraction of sp³-hybridized carbons (Fsp3) is 0.941. The molecule has 0 aromatic rings. The quantitative estimate of drug-likeness (QED) is 0.747. The maximum atomic E-state index is 12.8. The maximum absolute atomic E-state index is 12.8. The number of likely N-dealkylation sites (tertiary alicyclic amines) is 1. The van der Waals surface area contributed by atoms with Gasteiger partial charge in [-0.25, -0.2) is 0 Å². The molecule has 0 aromatic heterocycles. The predicted octanol–water partition coefficient (Wildman–Crippen LogP) is 1.62. The molecule has 2 aliphatic heterocycles. The molecule has 0 bridgehead atoms. The Hall–Kier alpha value is -0.650. The van der Waals surface area contributed by atoms with Crippen molar-refractivity contribution in [2.45, 2.75) is 51.9 Å². The Bertz CT molecular complexity index is 367. The molecule has 0 N–H and O–H groups in total. The van der Waals surface area contributed by atoms with Gasteiger partial charge in [0.05, 0.1) is 12.7 Å². The smallest absolute Gasteiger partial charge is 0.252 e. The molecule has 0 saturated carbocycles. The lowest BCUT2D eigenvalue weighted by Gasteiger charge is -2.27. The molecule has 2 heterocycles. The van der Waals surface area contributed by atoms with Crippen molar-refractivity contribution in [2.75, 3.05) is 40.4 Å². The number of carbonyl (C=O) groups excluding carboxylic acids is 1. The van der Waals surface area contributed by atoms with E-state index in [-0.39, 0.29) is 24.0 Å². The van der Waals surface area contributed by atoms with E-state index in [9.17, 15) is 4.79 Å². The van der Waals surface area contributed by atoms with Gasteiger partial charge in [0.1, 0.15) is 6.10 Å². The molecule has 2 saturated heterocycles. The van der Waals surface area contributed by atoms with Gasteiger partial charge in [-0.15, -0.1) is 0 Å². The minimum absolute atomic E-state index is 0.143. The van der Waals surface area contributed by atoms with Crippen LogP contribution in [0.4, 0.5) is 0 Å². The number of ether oxygens (including phenoxy) is 2. The van der Waals surface area contributed by atoms with Crippen molar-refractivity contribution in [2.24, 2.45) is 11.8 Å². The summed E-state index contributed by atoms with van der Waals surface area (Å²) in [4.78, 5) is 17.0. The minimum Gasteiger partial charge on any atom is -0.376 e. The summed E-state index contributed by atoms with van der Waals surface area (Å²) in [6, 6.07) is 0.440. The lowest BCUT2D eigenvalue weighted by Crippen LogP contribution is -2.44. The van der Waals surface area contributed by atoms with Gasteiger partial charge in [-0.05, 0) is 38.8 Å². The molecule has 128 valence electrons. The second-order valence-electron chi connectivity index (χ2n) is 7.38. The molecule has 0 aliphatic carbocycles. The number of amides is 1. The molecule has 0 radical (unpaired) electrons. The molecule has 4 atom stereocenters. The second-order valence-corrected chi connectivity index (χ2v) is 7.38. The summed E-state index contributed by atoms with van der Waals surface area (Å²) >= 11 is 0. The van der Waals surface area contributed by atoms with Crippen molar-refractivity contribution in [3.63, 3.8) is 0 Å². The highest BCUT2D eigenvalue weighted by Crippen LogP contribution is 2.23. The summed E-state index contributed by atoms with van der Waals surface area (Å²) in [5.74, 6) is 0.830. The number of nitrogens with zero attached hydrogens (tertiary/aromatic N) is 2. The minimum atomic E-state index is -0.350. The van der Waals surface area contributed by atoms with Gasteiger partial charge in [-0.3, -0.25) is 4.79 Å². The van der Waals surface area contributed by atoms with Crippen LogP contribution in [0.5, 0.6) is 0 Å². The van der Waals surface area contributed by atoms with Gasteiger partial charge in [-0.1, -0.05) is 20.8 Å². The van der Waals surface area contributed by atoms with Gasteiger partial charge < -0.3 is 19.3 Å². The van der Waals surface area contributed by atoms with Crippen molar-refractivity contribution >= 4 is 5.91 Å². The van der Waals surface area contributed by atoms with Crippen LogP contribution in [0.25, 0.3) is 0 Å². The Morgan fingerprint density at radius 2 is 2.09 bits per heavy atom. The Labute approximate surface area is 134 Å². The van der Waals surface area contributed by atoms with Crippen LogP contribution in [0.3, 0.4) is 0 Å². The van der Waals surface area contributed by atoms with Crippen LogP contribution < -0.4 is 0 Å². The van der Waals surface area contributed by atoms with Crippen LogP contribution in [0.15, 0.2) is 0 Å². The fourth-order valence-corrected chi connectivity index (χ4v) is 3.52. The van der Waals surface area contributed by atoms with E-state index >= 15 is 0 Å². The summed E-state index contributed by atoms with van der Waals surface area (Å²) in [5, 5.41) is 0. The Kier molecular flexibility index (Phi) is 6.24. The van der Waals surface area contributed by atoms with Gasteiger partial charge in [0.15, 0.2) is 0 Å². The normalized spacial score (nSPS) is 30.5. The fourth-order valence-electron chi connectivity index (χ4n) is 3.52. The first-order valence-corrected chi connectivity index (χ1v) is 8.58. The summed E-state index contributed by atoms with van der Waals surface area (Å²) in [6.45, 7) is 9.32. The Morgan fingerprint density at radius 1 is 1.36 bits per heavy atom. The molecule has 5 heteroatoms. The van der Waals surface area contributed by atoms with Crippen molar-refractivity contribution in [3.8, 4) is 0 Å². The van der Waals surface area contributed by atoms with E-state index in [1.807, 2.05) is 4.90 Å². The highest BCUT2D eigenvalue weighted by Gasteiger charge is 2.37. The number of likely N-dealkylation sites (N-methyl/N-ethyl adjacent to an activating group) is 1. The van der Waals surface area contributed by atoms with E-state index in [0.717, 1.165) is 32.5 Å². The molecule has 4 unspecified atom stereocenters. The largest absolute Gasteiger partial charge is 0.376 e. The average Bonchev–Trinajstić information content (AvgIpc) is 3.07. The zero-order valence-corrected chi connectivity index (χ0v) is 14.7.